The first kappa shape index (κ1) is 66.9. The number of nitrogens with zero attached hydrogens (tertiary/aromatic N) is 1. The van der Waals surface area contributed by atoms with Crippen LogP contribution in [0.4, 0.5) is 0 Å². The SMILES string of the molecule is c1ccc2c(c1)-c1cccc3c(-c4cc(-c5ccc6c7c(cccc57)-c5ccccc5-6)c5[nH]ccc5c4)ccc-2c13.c1ccc2c(c1)-c1cccc3c(-c4cc(-c5ccc6c7c(cccc57)-c5ccccc5-6)c5[nH]ncc5c4)ccc-2c13.c1ccc2c(c1)-c1cccc3c(-c4cc5c(c(-c6ccc7c8c(cccc68)-c6ccccc6-7)c4)OCC5)ccc-2c13. The third-order valence-electron chi connectivity index (χ3n) is 28.1. The lowest BCUT2D eigenvalue weighted by molar-refractivity contribution is 0.358. The van der Waals surface area contributed by atoms with E-state index in [2.05, 4.69) is 391 Å². The highest BCUT2D eigenvalue weighted by atomic mass is 16.5. The van der Waals surface area contributed by atoms with Crippen LogP contribution in [0.15, 0.2) is 382 Å². The van der Waals surface area contributed by atoms with E-state index in [0.29, 0.717) is 0 Å². The van der Waals surface area contributed by atoms with Crippen molar-refractivity contribution in [3.05, 3.63) is 388 Å². The summed E-state index contributed by atoms with van der Waals surface area (Å²) in [6, 6.07) is 137. The van der Waals surface area contributed by atoms with Gasteiger partial charge in [0.2, 0.25) is 0 Å². The maximum Gasteiger partial charge on any atom is 0.130 e. The number of aromatic nitrogens is 3. The molecule has 0 fully saturated rings. The van der Waals surface area contributed by atoms with Crippen LogP contribution in [0.25, 0.3) is 287 Å². The molecule has 566 valence electrons. The van der Waals surface area contributed by atoms with Gasteiger partial charge >= 0.3 is 0 Å². The van der Waals surface area contributed by atoms with Crippen LogP contribution in [0.2, 0.25) is 0 Å². The second kappa shape index (κ2) is 25.3. The van der Waals surface area contributed by atoms with E-state index in [1.54, 1.807) is 0 Å². The fourth-order valence-electron chi connectivity index (χ4n) is 22.9. The first-order valence-electron chi connectivity index (χ1n) is 42.9. The molecule has 2 N–H and O–H groups in total. The highest BCUT2D eigenvalue weighted by Gasteiger charge is 2.32. The van der Waals surface area contributed by atoms with Crippen molar-refractivity contribution in [2.75, 3.05) is 6.61 Å². The molecule has 4 nitrogen and oxygen atoms in total. The maximum atomic E-state index is 6.34. The molecule has 7 aliphatic rings. The predicted octanol–water partition coefficient (Wildman–Crippen LogP) is 32.2. The lowest BCUT2D eigenvalue weighted by atomic mass is 9.88. The van der Waals surface area contributed by atoms with Crippen molar-refractivity contribution in [1.82, 2.24) is 15.2 Å². The van der Waals surface area contributed by atoms with Gasteiger partial charge in [0.25, 0.3) is 0 Å². The Kier molecular flexibility index (Phi) is 13.8. The van der Waals surface area contributed by atoms with Gasteiger partial charge in [-0.15, -0.1) is 0 Å². The van der Waals surface area contributed by atoms with E-state index < -0.39 is 0 Å². The minimum atomic E-state index is 0.734. The number of aromatic amines is 2. The van der Waals surface area contributed by atoms with Crippen LogP contribution in [0.3, 0.4) is 0 Å². The molecule has 2 aromatic heterocycles. The van der Waals surface area contributed by atoms with Gasteiger partial charge in [0.1, 0.15) is 5.75 Å². The highest BCUT2D eigenvalue weighted by molar-refractivity contribution is 6.27. The van der Waals surface area contributed by atoms with Crippen LogP contribution in [0.5, 0.6) is 5.75 Å². The summed E-state index contributed by atoms with van der Waals surface area (Å²) in [7, 11) is 0. The third-order valence-corrected chi connectivity index (χ3v) is 28.1. The van der Waals surface area contributed by atoms with Crippen molar-refractivity contribution >= 4 is 86.4 Å². The van der Waals surface area contributed by atoms with E-state index >= 15 is 0 Å². The van der Waals surface area contributed by atoms with Crippen molar-refractivity contribution in [1.29, 1.82) is 0 Å². The summed E-state index contributed by atoms with van der Waals surface area (Å²) >= 11 is 0. The zero-order valence-corrected chi connectivity index (χ0v) is 66.6. The number of H-pyrrole nitrogens is 2. The average molecular weight is 1560 g/mol. The van der Waals surface area contributed by atoms with E-state index in [-0.39, 0.29) is 0 Å². The van der Waals surface area contributed by atoms with Crippen molar-refractivity contribution in [3.8, 4) is 206 Å². The Morgan fingerprint density at radius 3 is 0.805 bits per heavy atom. The molecule has 0 radical (unpaired) electrons. The molecule has 21 aromatic carbocycles. The lowest BCUT2D eigenvalue weighted by Gasteiger charge is -2.16. The van der Waals surface area contributed by atoms with E-state index in [4.69, 9.17) is 4.74 Å². The lowest BCUT2D eigenvalue weighted by Crippen LogP contribution is -1.92. The summed E-state index contributed by atoms with van der Waals surface area (Å²) < 4.78 is 6.34. The van der Waals surface area contributed by atoms with Gasteiger partial charge in [-0.05, 0) is 296 Å². The summed E-state index contributed by atoms with van der Waals surface area (Å²) in [6.45, 7) is 0.734. The van der Waals surface area contributed by atoms with E-state index in [1.807, 2.05) is 6.20 Å². The quantitative estimate of drug-likeness (QED) is 0.174. The first-order valence-corrected chi connectivity index (χ1v) is 42.9. The molecule has 30 rings (SSSR count). The number of fused-ring (bicyclic) bond motifs is 21. The molecule has 0 spiro atoms. The Balaban J connectivity index is 0.0000000946. The van der Waals surface area contributed by atoms with Gasteiger partial charge in [0.05, 0.1) is 23.8 Å². The van der Waals surface area contributed by atoms with Crippen molar-refractivity contribution in [2.45, 2.75) is 6.42 Å². The summed E-state index contributed by atoms with van der Waals surface area (Å²) in [5.41, 5.74) is 50.4. The van der Waals surface area contributed by atoms with Crippen LogP contribution in [-0.2, 0) is 6.42 Å². The highest BCUT2D eigenvalue weighted by Crippen LogP contribution is 2.59. The Bertz CT molecular complexity index is 8220. The zero-order valence-electron chi connectivity index (χ0n) is 66.6. The number of benzene rings is 21. The molecule has 0 bridgehead atoms. The summed E-state index contributed by atoms with van der Waals surface area (Å²) in [6.07, 6.45) is 4.96. The number of ether oxygens (including phenoxy) is 1. The van der Waals surface area contributed by atoms with E-state index in [1.165, 1.54) is 281 Å². The normalized spacial score (nSPS) is 12.7. The van der Waals surface area contributed by atoms with Gasteiger partial charge in [0.15, 0.2) is 0 Å². The number of nitrogens with one attached hydrogen (secondary N) is 2. The number of hydrogen-bond donors (Lipinski definition) is 2. The summed E-state index contributed by atoms with van der Waals surface area (Å²) in [4.78, 5) is 3.57. The van der Waals surface area contributed by atoms with Crippen molar-refractivity contribution < 1.29 is 4.74 Å². The average Bonchev–Trinajstić information content (AvgIpc) is 1.60. The van der Waals surface area contributed by atoms with Crippen molar-refractivity contribution in [3.63, 3.8) is 0 Å². The molecule has 1 aliphatic heterocycles. The maximum absolute atomic E-state index is 6.34. The second-order valence-corrected chi connectivity index (χ2v) is 34.0. The number of rotatable bonds is 6. The molecule has 3 heterocycles. The standard InChI is InChI=1S/C40H23N.C40H24O.C39H22N2/c2*1-3-9-28-26(7-1)32-12-5-11-31-25(15-17-35(28)38(31)32)24-21-23-19-20-41-40(23)37(22-24)30-16-18-36-29-10-4-2-8-27(29)33-13-6-14-34(30)39(33)36;1-3-9-27-25(7-1)31-12-5-11-30-24(15-17-34(27)37(30)31)22-19-23-21-40-41-39(23)36(20-22)29-16-18-35-28-10-4-2-8-26(28)32-13-6-14-33(29)38(32)35/h1-22,41H;1-18,21-22H,19-20H2;1-21H,(H,40,41). The zero-order chi connectivity index (χ0) is 80.0. The van der Waals surface area contributed by atoms with Crippen LogP contribution in [0.1, 0.15) is 5.56 Å². The van der Waals surface area contributed by atoms with Crippen LogP contribution in [0, 0.1) is 0 Å². The Morgan fingerprint density at radius 2 is 0.463 bits per heavy atom. The van der Waals surface area contributed by atoms with E-state index in [0.717, 1.165) is 29.7 Å². The first-order chi connectivity index (χ1) is 61.0. The molecule has 0 unspecified atom stereocenters. The van der Waals surface area contributed by atoms with Gasteiger partial charge in [0, 0.05) is 40.1 Å². The molecular formula is C119H69N3O. The Morgan fingerprint density at radius 1 is 0.203 bits per heavy atom. The van der Waals surface area contributed by atoms with Crippen LogP contribution in [-0.4, -0.2) is 21.8 Å². The molecule has 0 atom stereocenters. The molecule has 23 aromatic rings. The van der Waals surface area contributed by atoms with Gasteiger partial charge in [-0.2, -0.15) is 5.10 Å². The Labute approximate surface area is 708 Å². The monoisotopic (exact) mass is 1560 g/mol. The van der Waals surface area contributed by atoms with Gasteiger partial charge in [-0.25, -0.2) is 0 Å². The summed E-state index contributed by atoms with van der Waals surface area (Å²) in [5, 5.41) is 26.1. The molecule has 0 saturated heterocycles. The smallest absolute Gasteiger partial charge is 0.130 e. The van der Waals surface area contributed by atoms with Crippen LogP contribution < -0.4 is 4.74 Å². The largest absolute Gasteiger partial charge is 0.492 e. The topological polar surface area (TPSA) is 53.7 Å². The predicted molar refractivity (Wildman–Crippen MR) is 514 cm³/mol. The van der Waals surface area contributed by atoms with Gasteiger partial charge in [-0.3, -0.25) is 5.10 Å². The second-order valence-electron chi connectivity index (χ2n) is 34.0. The van der Waals surface area contributed by atoms with Crippen molar-refractivity contribution in [2.24, 2.45) is 0 Å². The van der Waals surface area contributed by atoms with Crippen LogP contribution >= 0.6 is 0 Å². The minimum Gasteiger partial charge on any atom is -0.492 e. The summed E-state index contributed by atoms with van der Waals surface area (Å²) in [5.74, 6) is 1.04. The molecule has 4 heteroatoms. The number of hydrogen-bond acceptors (Lipinski definition) is 2. The molecule has 6 aliphatic carbocycles. The fraction of sp³-hybridized carbons (Fsp3) is 0.0168. The van der Waals surface area contributed by atoms with Gasteiger partial charge < -0.3 is 9.72 Å². The van der Waals surface area contributed by atoms with E-state index in [9.17, 15) is 0 Å². The molecule has 0 saturated carbocycles. The Hall–Kier alpha value is -16.0. The molecule has 123 heavy (non-hydrogen) atoms. The minimum absolute atomic E-state index is 0.734. The molecular weight excluding hydrogens is 1490 g/mol. The fourth-order valence-corrected chi connectivity index (χ4v) is 22.9. The third kappa shape index (κ3) is 9.36. The molecule has 0 amide bonds. The van der Waals surface area contributed by atoms with Gasteiger partial charge in [-0.1, -0.05) is 328 Å².